The summed E-state index contributed by atoms with van der Waals surface area (Å²) >= 11 is 7.62. The van der Waals surface area contributed by atoms with Crippen LogP contribution in [0.3, 0.4) is 0 Å². The Balaban J connectivity index is 3.03. The molecule has 0 aromatic carbocycles. The van der Waals surface area contributed by atoms with E-state index >= 15 is 0 Å². The third-order valence-corrected chi connectivity index (χ3v) is 3.17. The minimum absolute atomic E-state index is 0.625. The highest BCUT2D eigenvalue weighted by Gasteiger charge is 2.00. The van der Waals surface area contributed by atoms with Gasteiger partial charge in [0, 0.05) is 11.1 Å². The molecule has 0 N–H and O–H groups in total. The zero-order valence-corrected chi connectivity index (χ0v) is 8.63. The predicted octanol–water partition coefficient (Wildman–Crippen LogP) is 3.39. The van der Waals surface area contributed by atoms with Gasteiger partial charge in [0.15, 0.2) is 0 Å². The van der Waals surface area contributed by atoms with E-state index in [1.54, 1.807) is 0 Å². The lowest BCUT2D eigenvalue weighted by atomic mass is 10.2. The SMILES string of the molecule is CC(C)CCSC(C)CCl. The summed E-state index contributed by atoms with van der Waals surface area (Å²) in [7, 11) is 0. The zero-order chi connectivity index (χ0) is 7.98. The van der Waals surface area contributed by atoms with E-state index < -0.39 is 0 Å². The molecule has 10 heavy (non-hydrogen) atoms. The Morgan fingerprint density at radius 3 is 2.30 bits per heavy atom. The summed E-state index contributed by atoms with van der Waals surface area (Å²) in [5.74, 6) is 2.86. The fourth-order valence-electron chi connectivity index (χ4n) is 0.549. The monoisotopic (exact) mass is 180 g/mol. The number of hydrogen-bond donors (Lipinski definition) is 0. The molecule has 0 nitrogen and oxygen atoms in total. The second kappa shape index (κ2) is 6.36. The van der Waals surface area contributed by atoms with Crippen LogP contribution in [0.1, 0.15) is 27.2 Å². The Morgan fingerprint density at radius 1 is 1.30 bits per heavy atom. The van der Waals surface area contributed by atoms with Crippen molar-refractivity contribution in [3.05, 3.63) is 0 Å². The normalized spacial score (nSPS) is 14.1. The Bertz CT molecular complexity index is 73.7. The van der Waals surface area contributed by atoms with Gasteiger partial charge in [0.1, 0.15) is 0 Å². The summed E-state index contributed by atoms with van der Waals surface area (Å²) in [6, 6.07) is 0. The maximum Gasteiger partial charge on any atom is 0.0339 e. The Kier molecular flexibility index (Phi) is 6.76. The van der Waals surface area contributed by atoms with Gasteiger partial charge in [-0.3, -0.25) is 0 Å². The van der Waals surface area contributed by atoms with Crippen LogP contribution in [0.4, 0.5) is 0 Å². The van der Waals surface area contributed by atoms with Crippen LogP contribution in [-0.2, 0) is 0 Å². The Hall–Kier alpha value is 0.640. The maximum absolute atomic E-state index is 5.65. The summed E-state index contributed by atoms with van der Waals surface area (Å²) in [6.45, 7) is 6.69. The maximum atomic E-state index is 5.65. The Morgan fingerprint density at radius 2 is 1.90 bits per heavy atom. The van der Waals surface area contributed by atoms with Crippen LogP contribution < -0.4 is 0 Å². The summed E-state index contributed by atoms with van der Waals surface area (Å²) in [5.41, 5.74) is 0. The van der Waals surface area contributed by atoms with Gasteiger partial charge in [-0.05, 0) is 18.1 Å². The number of alkyl halides is 1. The topological polar surface area (TPSA) is 0 Å². The molecule has 0 rings (SSSR count). The third kappa shape index (κ3) is 6.76. The van der Waals surface area contributed by atoms with Crippen LogP contribution in [0.25, 0.3) is 0 Å². The molecule has 1 unspecified atom stereocenters. The van der Waals surface area contributed by atoms with Crippen molar-refractivity contribution in [3.8, 4) is 0 Å². The van der Waals surface area contributed by atoms with Crippen molar-refractivity contribution in [2.75, 3.05) is 11.6 Å². The summed E-state index contributed by atoms with van der Waals surface area (Å²) in [6.07, 6.45) is 1.31. The lowest BCUT2D eigenvalue weighted by Gasteiger charge is -2.07. The van der Waals surface area contributed by atoms with Crippen molar-refractivity contribution in [1.29, 1.82) is 0 Å². The average Bonchev–Trinajstić information content (AvgIpc) is 1.87. The lowest BCUT2D eigenvalue weighted by molar-refractivity contribution is 0.631. The molecule has 2 heteroatoms. The van der Waals surface area contributed by atoms with Gasteiger partial charge in [0.25, 0.3) is 0 Å². The molecule has 0 saturated carbocycles. The minimum atomic E-state index is 0.625. The van der Waals surface area contributed by atoms with E-state index in [9.17, 15) is 0 Å². The molecule has 0 heterocycles. The van der Waals surface area contributed by atoms with Crippen LogP contribution >= 0.6 is 23.4 Å². The first-order valence-corrected chi connectivity index (χ1v) is 5.42. The van der Waals surface area contributed by atoms with Gasteiger partial charge >= 0.3 is 0 Å². The van der Waals surface area contributed by atoms with E-state index in [0.717, 1.165) is 11.8 Å². The van der Waals surface area contributed by atoms with E-state index in [-0.39, 0.29) is 0 Å². The molecule has 0 spiro atoms. The summed E-state index contributed by atoms with van der Waals surface area (Å²) < 4.78 is 0. The summed E-state index contributed by atoms with van der Waals surface area (Å²) in [5, 5.41) is 0.625. The van der Waals surface area contributed by atoms with Gasteiger partial charge < -0.3 is 0 Å². The largest absolute Gasteiger partial charge is 0.158 e. The van der Waals surface area contributed by atoms with Crippen LogP contribution in [-0.4, -0.2) is 16.9 Å². The van der Waals surface area contributed by atoms with Gasteiger partial charge in [-0.2, -0.15) is 11.8 Å². The van der Waals surface area contributed by atoms with E-state index in [4.69, 9.17) is 11.6 Å². The van der Waals surface area contributed by atoms with Crippen LogP contribution in [0.2, 0.25) is 0 Å². The number of rotatable bonds is 5. The highest BCUT2D eigenvalue weighted by Crippen LogP contribution is 2.15. The fraction of sp³-hybridized carbons (Fsp3) is 1.00. The molecule has 0 aromatic rings. The van der Waals surface area contributed by atoms with E-state index in [1.807, 2.05) is 11.8 Å². The predicted molar refractivity (Wildman–Crippen MR) is 52.1 cm³/mol. The van der Waals surface area contributed by atoms with Gasteiger partial charge in [-0.25, -0.2) is 0 Å². The molecule has 62 valence electrons. The van der Waals surface area contributed by atoms with Crippen molar-refractivity contribution < 1.29 is 0 Å². The highest BCUT2D eigenvalue weighted by molar-refractivity contribution is 7.99. The first-order chi connectivity index (χ1) is 4.66. The van der Waals surface area contributed by atoms with Crippen molar-refractivity contribution in [1.82, 2.24) is 0 Å². The zero-order valence-electron chi connectivity index (χ0n) is 7.06. The fourth-order valence-corrected chi connectivity index (χ4v) is 1.92. The molecule has 0 fully saturated rings. The first kappa shape index (κ1) is 10.6. The average molecular weight is 181 g/mol. The molecule has 0 bridgehead atoms. The molecular formula is C8H17ClS. The number of halogens is 1. The van der Waals surface area contributed by atoms with Crippen molar-refractivity contribution in [2.24, 2.45) is 5.92 Å². The third-order valence-electron chi connectivity index (χ3n) is 1.31. The molecule has 0 amide bonds. The standard InChI is InChI=1S/C8H17ClS/c1-7(2)4-5-10-8(3)6-9/h7-8H,4-6H2,1-3H3. The smallest absolute Gasteiger partial charge is 0.0339 e. The van der Waals surface area contributed by atoms with Crippen molar-refractivity contribution in [3.63, 3.8) is 0 Å². The second-order valence-corrected chi connectivity index (χ2v) is 4.87. The molecular weight excluding hydrogens is 164 g/mol. The van der Waals surface area contributed by atoms with Crippen LogP contribution in [0.5, 0.6) is 0 Å². The van der Waals surface area contributed by atoms with Gasteiger partial charge in [0.2, 0.25) is 0 Å². The van der Waals surface area contributed by atoms with Crippen LogP contribution in [0, 0.1) is 5.92 Å². The first-order valence-electron chi connectivity index (χ1n) is 3.84. The van der Waals surface area contributed by atoms with E-state index in [2.05, 4.69) is 20.8 Å². The van der Waals surface area contributed by atoms with Crippen LogP contribution in [0.15, 0.2) is 0 Å². The molecule has 0 aliphatic heterocycles. The molecule has 0 saturated heterocycles. The number of hydrogen-bond acceptors (Lipinski definition) is 1. The van der Waals surface area contributed by atoms with E-state index in [0.29, 0.717) is 5.25 Å². The van der Waals surface area contributed by atoms with Gasteiger partial charge in [0.05, 0.1) is 0 Å². The Labute approximate surface area is 73.7 Å². The van der Waals surface area contributed by atoms with Gasteiger partial charge in [-0.15, -0.1) is 11.6 Å². The lowest BCUT2D eigenvalue weighted by Crippen LogP contribution is -2.00. The number of thioether (sulfide) groups is 1. The van der Waals surface area contributed by atoms with Crippen molar-refractivity contribution >= 4 is 23.4 Å². The minimum Gasteiger partial charge on any atom is -0.158 e. The molecule has 1 atom stereocenters. The quantitative estimate of drug-likeness (QED) is 0.585. The highest BCUT2D eigenvalue weighted by atomic mass is 35.5. The second-order valence-electron chi connectivity index (χ2n) is 3.02. The van der Waals surface area contributed by atoms with E-state index in [1.165, 1.54) is 12.2 Å². The molecule has 0 radical (unpaired) electrons. The summed E-state index contributed by atoms with van der Waals surface area (Å²) in [4.78, 5) is 0. The van der Waals surface area contributed by atoms with Crippen molar-refractivity contribution in [2.45, 2.75) is 32.4 Å². The molecule has 0 aromatic heterocycles. The molecule has 0 aliphatic carbocycles. The molecule has 0 aliphatic rings. The van der Waals surface area contributed by atoms with Gasteiger partial charge in [-0.1, -0.05) is 20.8 Å².